The molecule has 0 bridgehead atoms. The molecule has 1 amide bonds. The molecule has 4 rings (SSSR count). The highest BCUT2D eigenvalue weighted by Gasteiger charge is 2.41. The van der Waals surface area contributed by atoms with E-state index >= 15 is 0 Å². The van der Waals surface area contributed by atoms with Crippen molar-refractivity contribution in [3.8, 4) is 11.8 Å². The number of carbonyl (C=O) groups excluding carboxylic acids is 1. The lowest BCUT2D eigenvalue weighted by Gasteiger charge is -2.47. The van der Waals surface area contributed by atoms with Gasteiger partial charge in [-0.1, -0.05) is 44.0 Å². The number of hydrogen-bond acceptors (Lipinski definition) is 7. The van der Waals surface area contributed by atoms with Gasteiger partial charge >= 0.3 is 5.97 Å². The number of carboxylic acid groups (broad SMARTS) is 1. The van der Waals surface area contributed by atoms with E-state index in [-0.39, 0.29) is 24.5 Å². The van der Waals surface area contributed by atoms with Crippen LogP contribution in [0.2, 0.25) is 0 Å². The average molecular weight is 542 g/mol. The third-order valence-corrected chi connectivity index (χ3v) is 7.41. The summed E-state index contributed by atoms with van der Waals surface area (Å²) in [5.74, 6) is 4.87. The molecule has 0 unspecified atom stereocenters. The normalized spacial score (nSPS) is 16.8. The molecule has 1 spiro atoms. The summed E-state index contributed by atoms with van der Waals surface area (Å²) < 4.78 is 11.7. The topological polar surface area (TPSA) is 92.2 Å². The molecule has 0 radical (unpaired) electrons. The van der Waals surface area contributed by atoms with Crippen LogP contribution in [-0.4, -0.2) is 83.4 Å². The van der Waals surface area contributed by atoms with Crippen LogP contribution in [0.3, 0.4) is 0 Å². The number of benzene rings is 1. The third-order valence-electron chi connectivity index (χ3n) is 6.65. The minimum atomic E-state index is -0.839. The highest BCUT2D eigenvalue weighted by Crippen LogP contribution is 2.31. The largest absolute Gasteiger partial charge is 0.481 e. The van der Waals surface area contributed by atoms with Crippen LogP contribution in [-0.2, 0) is 27.2 Å². The van der Waals surface area contributed by atoms with E-state index in [1.165, 1.54) is 22.5 Å². The molecule has 2 aromatic rings. The molecule has 2 saturated heterocycles. The van der Waals surface area contributed by atoms with Crippen LogP contribution >= 0.6 is 11.3 Å². The highest BCUT2D eigenvalue weighted by molar-refractivity contribution is 7.10. The molecular weight excluding hydrogens is 502 g/mol. The van der Waals surface area contributed by atoms with E-state index in [1.807, 2.05) is 18.7 Å². The number of carbonyl (C=O) groups is 2. The lowest BCUT2D eigenvalue weighted by molar-refractivity contribution is -0.138. The van der Waals surface area contributed by atoms with Crippen LogP contribution in [0.4, 0.5) is 0 Å². The molecule has 206 valence electrons. The van der Waals surface area contributed by atoms with Crippen molar-refractivity contribution in [3.05, 3.63) is 51.5 Å². The van der Waals surface area contributed by atoms with Crippen LogP contribution in [0, 0.1) is 11.8 Å². The van der Waals surface area contributed by atoms with E-state index in [0.717, 1.165) is 38.9 Å². The van der Waals surface area contributed by atoms with Gasteiger partial charge in [-0.2, -0.15) is 0 Å². The predicted molar refractivity (Wildman–Crippen MR) is 148 cm³/mol. The van der Waals surface area contributed by atoms with E-state index in [4.69, 9.17) is 14.6 Å². The fourth-order valence-corrected chi connectivity index (χ4v) is 5.42. The Labute approximate surface area is 230 Å². The van der Waals surface area contributed by atoms with Gasteiger partial charge in [0.05, 0.1) is 38.4 Å². The lowest BCUT2D eigenvalue weighted by Crippen LogP contribution is -2.58. The number of rotatable bonds is 9. The molecule has 1 aromatic carbocycles. The molecule has 2 aliphatic heterocycles. The molecular formula is C29H39N3O5S. The molecule has 1 N–H and O–H groups in total. The lowest BCUT2D eigenvalue weighted by atomic mass is 9.89. The van der Waals surface area contributed by atoms with Crippen LogP contribution in [0.15, 0.2) is 29.6 Å². The summed E-state index contributed by atoms with van der Waals surface area (Å²) >= 11 is 1.40. The second kappa shape index (κ2) is 15.0. The van der Waals surface area contributed by atoms with Crippen molar-refractivity contribution >= 4 is 23.2 Å². The third kappa shape index (κ3) is 8.63. The summed E-state index contributed by atoms with van der Waals surface area (Å²) in [6.07, 6.45) is 2.57. The van der Waals surface area contributed by atoms with Gasteiger partial charge in [0, 0.05) is 31.6 Å². The van der Waals surface area contributed by atoms with Crippen LogP contribution in [0.5, 0.6) is 0 Å². The number of piperidine rings is 1. The maximum absolute atomic E-state index is 13.0. The molecule has 0 aliphatic carbocycles. The fourth-order valence-electron chi connectivity index (χ4n) is 4.73. The minimum Gasteiger partial charge on any atom is -0.481 e. The molecule has 2 fully saturated rings. The molecule has 38 heavy (non-hydrogen) atoms. The number of carboxylic acids is 1. The number of thiazole rings is 1. The van der Waals surface area contributed by atoms with Gasteiger partial charge in [0.2, 0.25) is 0 Å². The summed E-state index contributed by atoms with van der Waals surface area (Å²) in [6, 6.07) is 8.49. The zero-order valence-corrected chi connectivity index (χ0v) is 23.5. The maximum Gasteiger partial charge on any atom is 0.305 e. The van der Waals surface area contributed by atoms with E-state index in [9.17, 15) is 9.59 Å². The van der Waals surface area contributed by atoms with Crippen molar-refractivity contribution in [2.45, 2.75) is 58.6 Å². The quantitative estimate of drug-likeness (QED) is 0.378. The van der Waals surface area contributed by atoms with E-state index in [1.54, 1.807) is 12.3 Å². The van der Waals surface area contributed by atoms with Gasteiger partial charge < -0.3 is 19.5 Å². The molecule has 3 heterocycles. The Morgan fingerprint density at radius 2 is 1.95 bits per heavy atom. The van der Waals surface area contributed by atoms with Crippen molar-refractivity contribution in [2.75, 3.05) is 46.0 Å². The second-order valence-corrected chi connectivity index (χ2v) is 10.1. The summed E-state index contributed by atoms with van der Waals surface area (Å²) in [4.78, 5) is 32.3. The molecule has 0 atom stereocenters. The maximum atomic E-state index is 13.0. The van der Waals surface area contributed by atoms with E-state index < -0.39 is 5.97 Å². The number of morpholine rings is 1. The number of nitrogens with zero attached hydrogens (tertiary/aromatic N) is 3. The zero-order valence-electron chi connectivity index (χ0n) is 22.7. The van der Waals surface area contributed by atoms with E-state index in [0.29, 0.717) is 37.0 Å². The fraction of sp³-hybridized carbons (Fsp3) is 0.552. The number of hydrogen-bond donors (Lipinski definition) is 1. The van der Waals surface area contributed by atoms with Crippen LogP contribution in [0.1, 0.15) is 66.7 Å². The Hall–Kier alpha value is -2.77. The minimum absolute atomic E-state index is 0.0338. The van der Waals surface area contributed by atoms with Gasteiger partial charge in [0.1, 0.15) is 5.69 Å². The van der Waals surface area contributed by atoms with Crippen molar-refractivity contribution in [1.29, 1.82) is 0 Å². The molecule has 1 aromatic heterocycles. The average Bonchev–Trinajstić information content (AvgIpc) is 3.40. The van der Waals surface area contributed by atoms with Crippen molar-refractivity contribution in [3.63, 3.8) is 0 Å². The Morgan fingerprint density at radius 1 is 1.18 bits per heavy atom. The van der Waals surface area contributed by atoms with E-state index in [2.05, 4.69) is 46.0 Å². The highest BCUT2D eigenvalue weighted by atomic mass is 32.1. The number of ether oxygens (including phenoxy) is 2. The molecule has 8 nitrogen and oxygen atoms in total. The van der Waals surface area contributed by atoms with Crippen LogP contribution < -0.4 is 0 Å². The van der Waals surface area contributed by atoms with Gasteiger partial charge in [-0.05, 0) is 43.2 Å². The first-order valence-corrected chi connectivity index (χ1v) is 14.3. The Morgan fingerprint density at radius 3 is 2.68 bits per heavy atom. The summed E-state index contributed by atoms with van der Waals surface area (Å²) in [5, 5.41) is 11.2. The Kier molecular flexibility index (Phi) is 11.7. The van der Waals surface area contributed by atoms with Gasteiger partial charge in [-0.3, -0.25) is 14.5 Å². The Bertz CT molecular complexity index is 1110. The standard InChI is InChI=1S/C27H33N3O5S.C2H6/c1-2-4-24-28-23(19-36-24)26(33)30-13-16-35-27(20-30)9-11-29(12-10-27)18-22-6-3-5-21(17-22)7-14-34-15-8-25(31)32;1-2/h3,5-6,17,19H,7-16,18,20H2,1H3,(H,31,32);1-2H3. The van der Waals surface area contributed by atoms with Crippen molar-refractivity contribution < 1.29 is 24.2 Å². The molecule has 9 heteroatoms. The number of amides is 1. The van der Waals surface area contributed by atoms with Gasteiger partial charge in [0.15, 0.2) is 5.01 Å². The molecule has 2 aliphatic rings. The van der Waals surface area contributed by atoms with Gasteiger partial charge in [-0.25, -0.2) is 4.98 Å². The smallest absolute Gasteiger partial charge is 0.305 e. The van der Waals surface area contributed by atoms with Gasteiger partial charge in [-0.15, -0.1) is 11.3 Å². The second-order valence-electron chi connectivity index (χ2n) is 9.27. The Balaban J connectivity index is 0.00000195. The monoisotopic (exact) mass is 541 g/mol. The number of aliphatic carboxylic acids is 1. The number of likely N-dealkylation sites (tertiary alicyclic amines) is 1. The molecule has 0 saturated carbocycles. The first-order valence-electron chi connectivity index (χ1n) is 13.4. The number of aromatic nitrogens is 1. The van der Waals surface area contributed by atoms with Gasteiger partial charge in [0.25, 0.3) is 5.91 Å². The summed E-state index contributed by atoms with van der Waals surface area (Å²) in [5.41, 5.74) is 2.63. The summed E-state index contributed by atoms with van der Waals surface area (Å²) in [7, 11) is 0. The van der Waals surface area contributed by atoms with Crippen molar-refractivity contribution in [1.82, 2.24) is 14.8 Å². The first-order chi connectivity index (χ1) is 18.5. The summed E-state index contributed by atoms with van der Waals surface area (Å²) in [6.45, 7) is 11.0. The predicted octanol–water partition coefficient (Wildman–Crippen LogP) is 4.08. The first kappa shape index (κ1) is 29.8. The zero-order chi connectivity index (χ0) is 27.4. The van der Waals surface area contributed by atoms with Crippen LogP contribution in [0.25, 0.3) is 0 Å². The van der Waals surface area contributed by atoms with Crippen molar-refractivity contribution in [2.24, 2.45) is 0 Å². The SMILES string of the molecule is CC.CC#Cc1nc(C(=O)N2CCOC3(CCN(Cc4cccc(CCOCCC(=O)O)c4)CC3)C2)cs1.